The van der Waals surface area contributed by atoms with Crippen LogP contribution in [0.2, 0.25) is 0 Å². The molecule has 2 amide bonds. The molecule has 4 N–H and O–H groups in total. The number of amides is 2. The van der Waals surface area contributed by atoms with Crippen LogP contribution in [0.25, 0.3) is 0 Å². The lowest BCUT2D eigenvalue weighted by Crippen LogP contribution is -2.10. The summed E-state index contributed by atoms with van der Waals surface area (Å²) in [6.07, 6.45) is 12.1. The van der Waals surface area contributed by atoms with Gasteiger partial charge in [0, 0.05) is 26.1 Å². The summed E-state index contributed by atoms with van der Waals surface area (Å²) in [6.45, 7) is 6.38. The first-order chi connectivity index (χ1) is 11.0. The first-order valence-corrected chi connectivity index (χ1v) is 9.18. The van der Waals surface area contributed by atoms with Gasteiger partial charge >= 0.3 is 0 Å². The molecule has 0 rings (SSSR count). The molecule has 0 aromatic heterocycles. The molecule has 0 radical (unpaired) electrons. The molecule has 0 saturated heterocycles. The van der Waals surface area contributed by atoms with Crippen LogP contribution in [0, 0.1) is 0 Å². The average molecular weight is 331 g/mol. The monoisotopic (exact) mass is 330 g/mol. The van der Waals surface area contributed by atoms with Crippen molar-refractivity contribution in [3.8, 4) is 0 Å². The summed E-state index contributed by atoms with van der Waals surface area (Å²) >= 11 is 0. The molecule has 0 atom stereocenters. The van der Waals surface area contributed by atoms with Gasteiger partial charge in [0.15, 0.2) is 0 Å². The van der Waals surface area contributed by atoms with Crippen molar-refractivity contribution in [2.75, 3.05) is 13.2 Å². The van der Waals surface area contributed by atoms with Crippen molar-refractivity contribution in [3.05, 3.63) is 0 Å². The van der Waals surface area contributed by atoms with Crippen LogP contribution in [0.1, 0.15) is 90.9 Å². The van der Waals surface area contributed by atoms with E-state index in [2.05, 4.69) is 13.8 Å². The van der Waals surface area contributed by atoms with E-state index in [0.29, 0.717) is 12.8 Å². The quantitative estimate of drug-likeness (QED) is 0.448. The van der Waals surface area contributed by atoms with E-state index in [1.165, 1.54) is 38.5 Å². The topological polar surface area (TPSA) is 95.4 Å². The van der Waals surface area contributed by atoms with Gasteiger partial charge < -0.3 is 16.2 Å². The number of ether oxygens (including phenoxy) is 1. The van der Waals surface area contributed by atoms with Gasteiger partial charge in [-0.15, -0.1) is 0 Å². The molecule has 0 heterocycles. The average Bonchev–Trinajstić information content (AvgIpc) is 2.50. The van der Waals surface area contributed by atoms with Gasteiger partial charge in [-0.1, -0.05) is 52.4 Å². The molecule has 5 heteroatoms. The highest BCUT2D eigenvalue weighted by molar-refractivity contribution is 5.73. The Morgan fingerprint density at radius 1 is 0.652 bits per heavy atom. The summed E-state index contributed by atoms with van der Waals surface area (Å²) < 4.78 is 5.44. The first-order valence-electron chi connectivity index (χ1n) is 9.18. The van der Waals surface area contributed by atoms with Crippen molar-refractivity contribution in [1.29, 1.82) is 0 Å². The number of hydrogen-bond donors (Lipinski definition) is 2. The molecular weight excluding hydrogens is 292 g/mol. The predicted octanol–water partition coefficient (Wildman–Crippen LogP) is 3.68. The van der Waals surface area contributed by atoms with Crippen LogP contribution in [-0.4, -0.2) is 25.0 Å². The zero-order valence-corrected chi connectivity index (χ0v) is 15.3. The standard InChI is InChI=1S/C10H22O.C8H16N2O2/c1-3-5-7-9-11-10-8-6-4-2;9-7(11)5-3-1-2-4-6-8(10)12/h3-10H2,1-2H3;1-6H2,(H2,9,11)(H2,10,12). The minimum Gasteiger partial charge on any atom is -0.381 e. The Morgan fingerprint density at radius 3 is 1.35 bits per heavy atom. The largest absolute Gasteiger partial charge is 0.381 e. The Morgan fingerprint density at radius 2 is 1.04 bits per heavy atom. The Labute approximate surface area is 142 Å². The number of nitrogens with two attached hydrogens (primary N) is 2. The van der Waals surface area contributed by atoms with Gasteiger partial charge in [-0.25, -0.2) is 0 Å². The van der Waals surface area contributed by atoms with Gasteiger partial charge in [-0.05, 0) is 25.7 Å². The second-order valence-electron chi connectivity index (χ2n) is 5.87. The number of carbonyl (C=O) groups is 2. The molecule has 0 aromatic rings. The number of carbonyl (C=O) groups excluding carboxylic acids is 2. The fraction of sp³-hybridized carbons (Fsp3) is 0.889. The normalized spacial score (nSPS) is 10.0. The van der Waals surface area contributed by atoms with Crippen LogP contribution in [0.15, 0.2) is 0 Å². The van der Waals surface area contributed by atoms with Gasteiger partial charge in [0.2, 0.25) is 11.8 Å². The van der Waals surface area contributed by atoms with Gasteiger partial charge in [0.1, 0.15) is 0 Å². The Bertz CT molecular complexity index is 245. The number of primary amides is 2. The predicted molar refractivity (Wildman–Crippen MR) is 96.0 cm³/mol. The van der Waals surface area contributed by atoms with Crippen molar-refractivity contribution in [1.82, 2.24) is 0 Å². The lowest BCUT2D eigenvalue weighted by molar-refractivity contribution is -0.119. The van der Waals surface area contributed by atoms with Crippen LogP contribution in [0.5, 0.6) is 0 Å². The fourth-order valence-corrected chi connectivity index (χ4v) is 1.96. The fourth-order valence-electron chi connectivity index (χ4n) is 1.96. The van der Waals surface area contributed by atoms with Gasteiger partial charge in [0.25, 0.3) is 0 Å². The molecular formula is C18H38N2O3. The molecule has 23 heavy (non-hydrogen) atoms. The van der Waals surface area contributed by atoms with E-state index < -0.39 is 0 Å². The maximum atomic E-state index is 10.3. The second kappa shape index (κ2) is 20.9. The molecule has 0 aliphatic heterocycles. The lowest BCUT2D eigenvalue weighted by Gasteiger charge is -2.01. The van der Waals surface area contributed by atoms with Gasteiger partial charge in [-0.3, -0.25) is 9.59 Å². The number of rotatable bonds is 15. The maximum Gasteiger partial charge on any atom is 0.217 e. The summed E-state index contributed by atoms with van der Waals surface area (Å²) in [5, 5.41) is 0. The Kier molecular flexibility index (Phi) is 22.0. The molecule has 0 aromatic carbocycles. The Hall–Kier alpha value is -1.10. The van der Waals surface area contributed by atoms with E-state index in [4.69, 9.17) is 16.2 Å². The third kappa shape index (κ3) is 29.5. The smallest absolute Gasteiger partial charge is 0.217 e. The lowest BCUT2D eigenvalue weighted by atomic mass is 10.1. The van der Waals surface area contributed by atoms with Crippen LogP contribution < -0.4 is 11.5 Å². The molecule has 0 aliphatic rings. The summed E-state index contributed by atoms with van der Waals surface area (Å²) in [5.41, 5.74) is 9.88. The third-order valence-electron chi connectivity index (χ3n) is 3.38. The van der Waals surface area contributed by atoms with Crippen molar-refractivity contribution < 1.29 is 14.3 Å². The number of unbranched alkanes of at least 4 members (excludes halogenated alkanes) is 7. The van der Waals surface area contributed by atoms with E-state index in [-0.39, 0.29) is 11.8 Å². The summed E-state index contributed by atoms with van der Waals surface area (Å²) in [7, 11) is 0. The molecule has 5 nitrogen and oxygen atoms in total. The first kappa shape index (κ1) is 24.2. The third-order valence-corrected chi connectivity index (χ3v) is 3.38. The molecule has 0 fully saturated rings. The zero-order chi connectivity index (χ0) is 17.8. The molecule has 0 aliphatic carbocycles. The maximum absolute atomic E-state index is 10.3. The molecule has 0 spiro atoms. The van der Waals surface area contributed by atoms with Gasteiger partial charge in [0.05, 0.1) is 0 Å². The van der Waals surface area contributed by atoms with Crippen molar-refractivity contribution >= 4 is 11.8 Å². The van der Waals surface area contributed by atoms with Crippen molar-refractivity contribution in [2.45, 2.75) is 90.9 Å². The summed E-state index contributed by atoms with van der Waals surface area (Å²) in [5.74, 6) is -0.519. The summed E-state index contributed by atoms with van der Waals surface area (Å²) in [6, 6.07) is 0. The highest BCUT2D eigenvalue weighted by Gasteiger charge is 1.96. The van der Waals surface area contributed by atoms with Crippen LogP contribution >= 0.6 is 0 Å². The van der Waals surface area contributed by atoms with Crippen LogP contribution in [0.3, 0.4) is 0 Å². The second-order valence-corrected chi connectivity index (χ2v) is 5.87. The minimum absolute atomic E-state index is 0.259. The Balaban J connectivity index is 0. The van der Waals surface area contributed by atoms with Crippen molar-refractivity contribution in [2.24, 2.45) is 11.5 Å². The van der Waals surface area contributed by atoms with E-state index in [1.54, 1.807) is 0 Å². The zero-order valence-electron chi connectivity index (χ0n) is 15.3. The van der Waals surface area contributed by atoms with E-state index in [9.17, 15) is 9.59 Å². The molecule has 0 bridgehead atoms. The highest BCUT2D eigenvalue weighted by atomic mass is 16.5. The number of hydrogen-bond acceptors (Lipinski definition) is 3. The molecule has 138 valence electrons. The van der Waals surface area contributed by atoms with Gasteiger partial charge in [-0.2, -0.15) is 0 Å². The SMILES string of the molecule is CCCCCOCCCCC.NC(=O)CCCCCCC(N)=O. The van der Waals surface area contributed by atoms with E-state index in [1.807, 2.05) is 0 Å². The van der Waals surface area contributed by atoms with Crippen LogP contribution in [-0.2, 0) is 14.3 Å². The van der Waals surface area contributed by atoms with E-state index in [0.717, 1.165) is 38.9 Å². The molecule has 0 saturated carbocycles. The molecule has 0 unspecified atom stereocenters. The summed E-state index contributed by atoms with van der Waals surface area (Å²) in [4.78, 5) is 20.6. The van der Waals surface area contributed by atoms with Crippen molar-refractivity contribution in [3.63, 3.8) is 0 Å². The highest BCUT2D eigenvalue weighted by Crippen LogP contribution is 2.04. The van der Waals surface area contributed by atoms with Crippen LogP contribution in [0.4, 0.5) is 0 Å². The minimum atomic E-state index is -0.259. The van der Waals surface area contributed by atoms with E-state index >= 15 is 0 Å².